The van der Waals surface area contributed by atoms with Crippen LogP contribution in [0.4, 0.5) is 4.39 Å². The second-order valence-electron chi connectivity index (χ2n) is 7.51. The lowest BCUT2D eigenvalue weighted by atomic mass is 10.1. The van der Waals surface area contributed by atoms with E-state index in [-0.39, 0.29) is 39.7 Å². The second kappa shape index (κ2) is 7.87. The second-order valence-corrected chi connectivity index (χ2v) is 7.92. The number of rotatable bonds is 2. The summed E-state index contributed by atoms with van der Waals surface area (Å²) >= 11 is 6.45. The minimum atomic E-state index is -0.649. The third-order valence-electron chi connectivity index (χ3n) is 5.47. The maximum Gasteiger partial charge on any atom is 0.334 e. The largest absolute Gasteiger partial charge is 0.492 e. The summed E-state index contributed by atoms with van der Waals surface area (Å²) in [5.41, 5.74) is 1.04. The van der Waals surface area contributed by atoms with E-state index in [4.69, 9.17) is 16.3 Å². The maximum absolute atomic E-state index is 14.9. The molecule has 1 N–H and O–H groups in total. The highest BCUT2D eigenvalue weighted by Crippen LogP contribution is 2.37. The number of hydrogen-bond acceptors (Lipinski definition) is 5. The number of aryl methyl sites for hydroxylation is 1. The molecule has 0 aliphatic carbocycles. The molecule has 0 unspecified atom stereocenters. The molecule has 7 nitrogen and oxygen atoms in total. The summed E-state index contributed by atoms with van der Waals surface area (Å²) in [6, 6.07) is 7.67. The van der Waals surface area contributed by atoms with Crippen molar-refractivity contribution in [2.75, 3.05) is 6.61 Å². The van der Waals surface area contributed by atoms with E-state index >= 15 is 0 Å². The highest BCUT2D eigenvalue weighted by Gasteiger charge is 2.24. The van der Waals surface area contributed by atoms with Gasteiger partial charge in [-0.15, -0.1) is 0 Å². The zero-order valence-corrected chi connectivity index (χ0v) is 17.9. The van der Waals surface area contributed by atoms with Gasteiger partial charge in [-0.3, -0.25) is 14.8 Å². The first-order chi connectivity index (χ1) is 15.5. The number of benzene rings is 1. The number of aromatic nitrogens is 4. The first-order valence-electron chi connectivity index (χ1n) is 10.2. The Labute approximate surface area is 186 Å². The zero-order chi connectivity index (χ0) is 22.4. The Morgan fingerprint density at radius 1 is 1.28 bits per heavy atom. The van der Waals surface area contributed by atoms with Gasteiger partial charge in [0.1, 0.15) is 11.6 Å². The van der Waals surface area contributed by atoms with Crippen molar-refractivity contribution >= 4 is 22.6 Å². The van der Waals surface area contributed by atoms with E-state index < -0.39 is 17.1 Å². The van der Waals surface area contributed by atoms with Crippen LogP contribution in [0.5, 0.6) is 5.75 Å². The van der Waals surface area contributed by atoms with Crippen molar-refractivity contribution in [3.05, 3.63) is 79.5 Å². The molecule has 0 amide bonds. The van der Waals surface area contributed by atoms with Crippen LogP contribution < -0.4 is 16.0 Å². The van der Waals surface area contributed by atoms with Crippen molar-refractivity contribution < 1.29 is 9.13 Å². The summed E-state index contributed by atoms with van der Waals surface area (Å²) in [4.78, 5) is 37.1. The molecule has 1 aromatic carbocycles. The topological polar surface area (TPSA) is 89.9 Å². The minimum absolute atomic E-state index is 0.0718. The molecule has 0 fully saturated rings. The van der Waals surface area contributed by atoms with Crippen LogP contribution in [0, 0.1) is 5.82 Å². The predicted octanol–water partition coefficient (Wildman–Crippen LogP) is 3.82. The Bertz CT molecular complexity index is 1500. The molecule has 4 aromatic rings. The van der Waals surface area contributed by atoms with E-state index in [9.17, 15) is 14.0 Å². The lowest BCUT2D eigenvalue weighted by Gasteiger charge is -2.17. The van der Waals surface area contributed by atoms with E-state index in [0.29, 0.717) is 24.2 Å². The Hall–Kier alpha value is -3.52. The van der Waals surface area contributed by atoms with Crippen molar-refractivity contribution in [3.8, 4) is 22.7 Å². The molecule has 1 aliphatic rings. The van der Waals surface area contributed by atoms with Crippen molar-refractivity contribution in [2.24, 2.45) is 0 Å². The Morgan fingerprint density at radius 2 is 2.12 bits per heavy atom. The van der Waals surface area contributed by atoms with Crippen LogP contribution in [0.3, 0.4) is 0 Å². The molecule has 0 saturated carbocycles. The molecular formula is C23H18ClFN4O3. The molecule has 0 radical (unpaired) electrons. The van der Waals surface area contributed by atoms with Gasteiger partial charge in [-0.05, 0) is 36.2 Å². The molecule has 3 aromatic heterocycles. The van der Waals surface area contributed by atoms with Crippen LogP contribution >= 0.6 is 11.6 Å². The molecule has 0 atom stereocenters. The van der Waals surface area contributed by atoms with Gasteiger partial charge in [0, 0.05) is 12.6 Å². The third-order valence-corrected chi connectivity index (χ3v) is 5.76. The van der Waals surface area contributed by atoms with Crippen molar-refractivity contribution in [1.82, 2.24) is 19.5 Å². The van der Waals surface area contributed by atoms with Crippen LogP contribution in [-0.2, 0) is 12.8 Å². The van der Waals surface area contributed by atoms with Crippen molar-refractivity contribution in [2.45, 2.75) is 26.2 Å². The number of H-pyrrole nitrogens is 1. The summed E-state index contributed by atoms with van der Waals surface area (Å²) in [6.07, 6.45) is 3.54. The number of fused-ring (bicyclic) bond motifs is 5. The van der Waals surface area contributed by atoms with Gasteiger partial charge in [-0.2, -0.15) is 0 Å². The maximum atomic E-state index is 14.9. The summed E-state index contributed by atoms with van der Waals surface area (Å²) in [7, 11) is 0. The number of ether oxygens (including phenoxy) is 1. The molecular weight excluding hydrogens is 435 g/mol. The van der Waals surface area contributed by atoms with E-state index in [2.05, 4.69) is 15.0 Å². The molecule has 0 saturated heterocycles. The SMILES string of the molecule is CCCc1nccc2c1-n1c(=O)[nH]c(=O)c3cc(Cl)c(nc31)-c1c(F)cccc1OCC2. The lowest BCUT2D eigenvalue weighted by molar-refractivity contribution is 0.321. The Morgan fingerprint density at radius 3 is 2.94 bits per heavy atom. The van der Waals surface area contributed by atoms with Gasteiger partial charge >= 0.3 is 5.69 Å². The molecule has 0 spiro atoms. The van der Waals surface area contributed by atoms with Gasteiger partial charge in [0.15, 0.2) is 5.65 Å². The van der Waals surface area contributed by atoms with Crippen LogP contribution in [0.25, 0.3) is 28.0 Å². The van der Waals surface area contributed by atoms with Gasteiger partial charge in [-0.1, -0.05) is 31.0 Å². The fourth-order valence-corrected chi connectivity index (χ4v) is 4.32. The summed E-state index contributed by atoms with van der Waals surface area (Å²) in [5, 5.41) is 0.191. The molecule has 1 aliphatic heterocycles. The lowest BCUT2D eigenvalue weighted by Crippen LogP contribution is -2.31. The first-order valence-corrected chi connectivity index (χ1v) is 10.6. The fraction of sp³-hybridized carbons (Fsp3) is 0.217. The van der Waals surface area contributed by atoms with Gasteiger partial charge < -0.3 is 4.74 Å². The van der Waals surface area contributed by atoms with Gasteiger partial charge in [0.2, 0.25) is 0 Å². The molecule has 5 rings (SSSR count). The van der Waals surface area contributed by atoms with Gasteiger partial charge in [0.05, 0.1) is 39.7 Å². The number of nitrogens with one attached hydrogen (secondary N) is 1. The van der Waals surface area contributed by atoms with Crippen LogP contribution in [0.15, 0.2) is 46.1 Å². The fourth-order valence-electron chi connectivity index (χ4n) is 4.08. The normalized spacial score (nSPS) is 12.7. The molecule has 4 heterocycles. The summed E-state index contributed by atoms with van der Waals surface area (Å²) in [5.74, 6) is -0.288. The summed E-state index contributed by atoms with van der Waals surface area (Å²) in [6.45, 7) is 2.24. The minimum Gasteiger partial charge on any atom is -0.492 e. The van der Waals surface area contributed by atoms with Crippen LogP contribution in [0.1, 0.15) is 24.6 Å². The molecule has 32 heavy (non-hydrogen) atoms. The zero-order valence-electron chi connectivity index (χ0n) is 17.1. The summed E-state index contributed by atoms with van der Waals surface area (Å²) < 4.78 is 22.2. The average molecular weight is 453 g/mol. The van der Waals surface area contributed by atoms with Crippen molar-refractivity contribution in [1.29, 1.82) is 0 Å². The molecule has 162 valence electrons. The number of halogens is 2. The number of pyridine rings is 2. The van der Waals surface area contributed by atoms with Crippen LogP contribution in [-0.4, -0.2) is 26.1 Å². The van der Waals surface area contributed by atoms with E-state index in [1.165, 1.54) is 16.7 Å². The number of aromatic amines is 1. The Kier molecular flexibility index (Phi) is 5.01. The van der Waals surface area contributed by atoms with E-state index in [1.54, 1.807) is 18.3 Å². The molecule has 2 bridgehead atoms. The van der Waals surface area contributed by atoms with Crippen molar-refractivity contribution in [3.63, 3.8) is 0 Å². The molecule has 9 heteroatoms. The third kappa shape index (κ3) is 3.18. The quantitative estimate of drug-likeness (QED) is 0.499. The monoisotopic (exact) mass is 452 g/mol. The predicted molar refractivity (Wildman–Crippen MR) is 119 cm³/mol. The van der Waals surface area contributed by atoms with E-state index in [1.807, 2.05) is 13.0 Å². The first kappa shape index (κ1) is 20.4. The standard InChI is InChI=1S/C23H18ClFN4O3/c1-2-4-16-20-12(7-9-26-16)8-10-32-17-6-3-5-15(25)18(17)19-14(24)11-13-21(27-19)29(20)23(31)28-22(13)30/h3,5-7,9,11H,2,4,8,10H2,1H3,(H,28,30,31). The number of nitrogens with zero attached hydrogens (tertiary/aromatic N) is 3. The highest BCUT2D eigenvalue weighted by atomic mass is 35.5. The Balaban J connectivity index is 1.99. The van der Waals surface area contributed by atoms with Gasteiger partial charge in [-0.25, -0.2) is 18.7 Å². The smallest absolute Gasteiger partial charge is 0.334 e. The van der Waals surface area contributed by atoms with E-state index in [0.717, 1.165) is 12.0 Å². The average Bonchev–Trinajstić information content (AvgIpc) is 2.78. The van der Waals surface area contributed by atoms with Crippen LogP contribution in [0.2, 0.25) is 5.02 Å². The van der Waals surface area contributed by atoms with Gasteiger partial charge in [0.25, 0.3) is 5.56 Å². The number of hydrogen-bond donors (Lipinski definition) is 1. The highest BCUT2D eigenvalue weighted by molar-refractivity contribution is 6.33.